The second-order valence-electron chi connectivity index (χ2n) is 12.2. The lowest BCUT2D eigenvalue weighted by Gasteiger charge is -2.16. The first kappa shape index (κ1) is 25.2. The van der Waals surface area contributed by atoms with Gasteiger partial charge in [0.1, 0.15) is 0 Å². The lowest BCUT2D eigenvalue weighted by molar-refractivity contribution is 1.15. The molecule has 0 fully saturated rings. The molecule has 0 aliphatic heterocycles. The molecule has 10 aromatic rings. The van der Waals surface area contributed by atoms with Crippen molar-refractivity contribution in [3.8, 4) is 22.5 Å². The molecule has 10 rings (SSSR count). The Morgan fingerprint density at radius 2 is 0.783 bits per heavy atom. The van der Waals surface area contributed by atoms with Gasteiger partial charge in [-0.05, 0) is 81.7 Å². The highest BCUT2D eigenvalue weighted by Crippen LogP contribution is 2.43. The van der Waals surface area contributed by atoms with Gasteiger partial charge in [0.25, 0.3) is 0 Å². The molecular weight excluding hydrogens is 556 g/mol. The summed E-state index contributed by atoms with van der Waals surface area (Å²) in [6, 6.07) is 62.0. The monoisotopic (exact) mass is 584 g/mol. The van der Waals surface area contributed by atoms with Gasteiger partial charge in [0.2, 0.25) is 0 Å². The van der Waals surface area contributed by atoms with Gasteiger partial charge >= 0.3 is 0 Å². The summed E-state index contributed by atoms with van der Waals surface area (Å²) in [5.74, 6) is 0. The summed E-state index contributed by atoms with van der Waals surface area (Å²) >= 11 is 0. The minimum Gasteiger partial charge on any atom is -0.309 e. The highest BCUT2D eigenvalue weighted by molar-refractivity contribution is 6.21. The molecule has 2 heteroatoms. The summed E-state index contributed by atoms with van der Waals surface area (Å²) in [5, 5.41) is 10.1. The first-order valence-electron chi connectivity index (χ1n) is 15.9. The highest BCUT2D eigenvalue weighted by Gasteiger charge is 2.20. The fraction of sp³-hybridized carbons (Fsp3) is 0. The number of benzene rings is 8. The maximum Gasteiger partial charge on any atom is 0.0625 e. The molecular formula is C44H28N2. The summed E-state index contributed by atoms with van der Waals surface area (Å²) in [6.45, 7) is 0. The average molecular weight is 585 g/mol. The van der Waals surface area contributed by atoms with Crippen molar-refractivity contribution in [2.24, 2.45) is 0 Å². The average Bonchev–Trinajstić information content (AvgIpc) is 3.63. The lowest BCUT2D eigenvalue weighted by atomic mass is 9.93. The van der Waals surface area contributed by atoms with Crippen LogP contribution in [0.25, 0.3) is 87.7 Å². The van der Waals surface area contributed by atoms with Crippen LogP contribution < -0.4 is 0 Å². The molecule has 2 heterocycles. The molecule has 0 saturated heterocycles. The largest absolute Gasteiger partial charge is 0.309 e. The smallest absolute Gasteiger partial charge is 0.0625 e. The topological polar surface area (TPSA) is 9.86 Å². The summed E-state index contributed by atoms with van der Waals surface area (Å²) in [4.78, 5) is 0. The van der Waals surface area contributed by atoms with Crippen molar-refractivity contribution in [1.29, 1.82) is 0 Å². The van der Waals surface area contributed by atoms with E-state index in [4.69, 9.17) is 0 Å². The van der Waals surface area contributed by atoms with Gasteiger partial charge in [-0.2, -0.15) is 0 Å². The highest BCUT2D eigenvalue weighted by atomic mass is 15.0. The zero-order valence-corrected chi connectivity index (χ0v) is 25.1. The summed E-state index contributed by atoms with van der Waals surface area (Å²) in [6.07, 6.45) is 0. The van der Waals surface area contributed by atoms with Crippen LogP contribution in [-0.4, -0.2) is 9.13 Å². The van der Waals surface area contributed by atoms with Crippen LogP contribution in [0.2, 0.25) is 0 Å². The Balaban J connectivity index is 1.27. The number of hydrogen-bond acceptors (Lipinski definition) is 0. The van der Waals surface area contributed by atoms with E-state index in [1.54, 1.807) is 0 Å². The third-order valence-electron chi connectivity index (χ3n) is 9.66. The van der Waals surface area contributed by atoms with E-state index < -0.39 is 0 Å². The summed E-state index contributed by atoms with van der Waals surface area (Å²) in [5.41, 5.74) is 9.68. The van der Waals surface area contributed by atoms with Crippen molar-refractivity contribution < 1.29 is 0 Å². The molecule has 214 valence electrons. The van der Waals surface area contributed by atoms with E-state index in [2.05, 4.69) is 179 Å². The van der Waals surface area contributed by atoms with Crippen LogP contribution in [0.1, 0.15) is 0 Å². The van der Waals surface area contributed by atoms with Crippen LogP contribution >= 0.6 is 0 Å². The van der Waals surface area contributed by atoms with Gasteiger partial charge in [0, 0.05) is 38.5 Å². The first-order chi connectivity index (χ1) is 22.8. The molecule has 46 heavy (non-hydrogen) atoms. The standard InChI is InChI=1S/C44H28N2/c1-2-12-30-27-32(22-21-29(30)11-1)43-35-14-4-3-13-31(35)28-39-38-17-7-10-20-42(38)46(44(39)43)34-25-23-33(24-26-34)45-40-18-8-5-15-36(40)37-16-6-9-19-41(37)45/h1-28H. The SMILES string of the molecule is c1ccc2cc(-c3c4ccccc4cc4c5ccccc5n(-c5ccc(-n6c7ccccc7c7ccccc76)cc5)c34)ccc2c1. The van der Waals surface area contributed by atoms with Crippen molar-refractivity contribution in [1.82, 2.24) is 9.13 Å². The lowest BCUT2D eigenvalue weighted by Crippen LogP contribution is -1.98. The Hall–Kier alpha value is -6.12. The Morgan fingerprint density at radius 1 is 0.304 bits per heavy atom. The van der Waals surface area contributed by atoms with Gasteiger partial charge in [-0.15, -0.1) is 0 Å². The van der Waals surface area contributed by atoms with Crippen LogP contribution in [0.5, 0.6) is 0 Å². The number of para-hydroxylation sites is 3. The van der Waals surface area contributed by atoms with Gasteiger partial charge in [-0.25, -0.2) is 0 Å². The molecule has 0 bridgehead atoms. The molecule has 0 saturated carbocycles. The van der Waals surface area contributed by atoms with Gasteiger partial charge in [-0.3, -0.25) is 0 Å². The van der Waals surface area contributed by atoms with Gasteiger partial charge in [0.05, 0.1) is 22.1 Å². The number of aromatic nitrogens is 2. The normalized spacial score (nSPS) is 11.9. The molecule has 0 atom stereocenters. The quantitative estimate of drug-likeness (QED) is 0.195. The van der Waals surface area contributed by atoms with Crippen molar-refractivity contribution in [3.63, 3.8) is 0 Å². The van der Waals surface area contributed by atoms with E-state index in [9.17, 15) is 0 Å². The Kier molecular flexibility index (Phi) is 5.31. The number of hydrogen-bond donors (Lipinski definition) is 0. The van der Waals surface area contributed by atoms with Crippen LogP contribution in [0, 0.1) is 0 Å². The molecule has 0 N–H and O–H groups in total. The third-order valence-corrected chi connectivity index (χ3v) is 9.66. The molecule has 0 radical (unpaired) electrons. The van der Waals surface area contributed by atoms with Gasteiger partial charge < -0.3 is 9.13 Å². The van der Waals surface area contributed by atoms with Gasteiger partial charge in [-0.1, -0.05) is 115 Å². The maximum absolute atomic E-state index is 2.47. The van der Waals surface area contributed by atoms with E-state index in [0.29, 0.717) is 0 Å². The molecule has 0 aliphatic rings. The van der Waals surface area contributed by atoms with Crippen LogP contribution in [0.15, 0.2) is 170 Å². The number of nitrogens with zero attached hydrogens (tertiary/aromatic N) is 2. The van der Waals surface area contributed by atoms with E-state index in [1.165, 1.54) is 76.3 Å². The van der Waals surface area contributed by atoms with E-state index in [1.807, 2.05) is 0 Å². The number of rotatable bonds is 3. The van der Waals surface area contributed by atoms with Crippen molar-refractivity contribution in [3.05, 3.63) is 170 Å². The number of fused-ring (bicyclic) bond motifs is 8. The fourth-order valence-electron chi connectivity index (χ4n) is 7.65. The molecule has 2 aromatic heterocycles. The zero-order chi connectivity index (χ0) is 30.2. The Labute approximate surface area is 266 Å². The predicted octanol–water partition coefficient (Wildman–Crippen LogP) is 11.9. The molecule has 0 unspecified atom stereocenters. The fourth-order valence-corrected chi connectivity index (χ4v) is 7.65. The van der Waals surface area contributed by atoms with Crippen LogP contribution in [0.3, 0.4) is 0 Å². The molecule has 2 nitrogen and oxygen atoms in total. The molecule has 0 aliphatic carbocycles. The van der Waals surface area contributed by atoms with Crippen molar-refractivity contribution in [2.45, 2.75) is 0 Å². The summed E-state index contributed by atoms with van der Waals surface area (Å²) < 4.78 is 4.85. The van der Waals surface area contributed by atoms with Crippen molar-refractivity contribution in [2.75, 3.05) is 0 Å². The summed E-state index contributed by atoms with van der Waals surface area (Å²) in [7, 11) is 0. The second kappa shape index (κ2) is 9.69. The van der Waals surface area contributed by atoms with Gasteiger partial charge in [0.15, 0.2) is 0 Å². The first-order valence-corrected chi connectivity index (χ1v) is 15.9. The zero-order valence-electron chi connectivity index (χ0n) is 25.1. The van der Waals surface area contributed by atoms with E-state index in [-0.39, 0.29) is 0 Å². The third kappa shape index (κ3) is 3.59. The van der Waals surface area contributed by atoms with Crippen LogP contribution in [-0.2, 0) is 0 Å². The van der Waals surface area contributed by atoms with Crippen LogP contribution in [0.4, 0.5) is 0 Å². The Morgan fingerprint density at radius 3 is 1.43 bits per heavy atom. The molecule has 0 amide bonds. The van der Waals surface area contributed by atoms with Crippen molar-refractivity contribution >= 4 is 65.2 Å². The second-order valence-corrected chi connectivity index (χ2v) is 12.2. The maximum atomic E-state index is 2.47. The Bertz CT molecular complexity index is 2740. The van der Waals surface area contributed by atoms with E-state index >= 15 is 0 Å². The predicted molar refractivity (Wildman–Crippen MR) is 196 cm³/mol. The molecule has 0 spiro atoms. The minimum absolute atomic E-state index is 1.15. The minimum atomic E-state index is 1.15. The molecule has 8 aromatic carbocycles. The van der Waals surface area contributed by atoms with E-state index in [0.717, 1.165) is 11.4 Å².